The van der Waals surface area contributed by atoms with E-state index < -0.39 is 50.7 Å². The molecule has 0 saturated heterocycles. The van der Waals surface area contributed by atoms with Gasteiger partial charge in [0.1, 0.15) is 0 Å². The molecule has 210 valence electrons. The molecule has 3 aromatic rings. The monoisotopic (exact) mass is 574 g/mol. The second-order valence-electron chi connectivity index (χ2n) is 9.03. The first kappa shape index (κ1) is 30.0. The fraction of sp³-hybridized carbons (Fsp3) is 0.269. The van der Waals surface area contributed by atoms with E-state index in [1.807, 2.05) is 0 Å². The van der Waals surface area contributed by atoms with Gasteiger partial charge in [0.25, 0.3) is 10.0 Å². The van der Waals surface area contributed by atoms with Crippen molar-refractivity contribution in [2.75, 3.05) is 16.2 Å². The Balaban J connectivity index is 2.01. The van der Waals surface area contributed by atoms with E-state index in [1.165, 1.54) is 29.6 Å². The van der Waals surface area contributed by atoms with Crippen LogP contribution in [0.2, 0.25) is 0 Å². The maximum Gasteiger partial charge on any atom is 0.471 e. The van der Waals surface area contributed by atoms with Crippen LogP contribution in [0.1, 0.15) is 25.0 Å². The molecule has 0 radical (unpaired) electrons. The van der Waals surface area contributed by atoms with Crippen LogP contribution in [0, 0.1) is 5.92 Å². The quantitative estimate of drug-likeness (QED) is 0.331. The van der Waals surface area contributed by atoms with Crippen LogP contribution in [0.4, 0.5) is 37.7 Å². The van der Waals surface area contributed by atoms with Crippen molar-refractivity contribution in [2.45, 2.75) is 36.7 Å². The molecule has 0 heterocycles. The van der Waals surface area contributed by atoms with Gasteiger partial charge < -0.3 is 10.4 Å². The standard InChI is InChI=1S/C26H24F6N2O4S/c1-17(2)16-34(39(37,38)22-6-4-3-5-7-22)21-14-10-19(11-15-21)24(36,26(30,31)32)18-8-12-20(13-9-18)33-23(35)25(27,28)29/h3-15,17,36H,16H2,1-2H3,(H,33,35). The molecule has 6 nitrogen and oxygen atoms in total. The van der Waals surface area contributed by atoms with Crippen molar-refractivity contribution < 1.29 is 44.7 Å². The Bertz CT molecular complexity index is 1390. The van der Waals surface area contributed by atoms with Gasteiger partial charge in [-0.25, -0.2) is 8.42 Å². The molecule has 1 unspecified atom stereocenters. The van der Waals surface area contributed by atoms with Gasteiger partial charge in [0, 0.05) is 12.2 Å². The molecule has 0 aliphatic rings. The number of nitrogens with one attached hydrogen (secondary N) is 1. The first-order valence-electron chi connectivity index (χ1n) is 11.4. The number of alkyl halides is 6. The van der Waals surface area contributed by atoms with Crippen LogP contribution >= 0.6 is 0 Å². The molecule has 3 rings (SSSR count). The lowest BCUT2D eigenvalue weighted by molar-refractivity contribution is -0.248. The molecule has 13 heteroatoms. The van der Waals surface area contributed by atoms with Crippen LogP contribution in [0.15, 0.2) is 83.8 Å². The fourth-order valence-electron chi connectivity index (χ4n) is 3.75. The molecule has 1 atom stereocenters. The van der Waals surface area contributed by atoms with Gasteiger partial charge in [-0.3, -0.25) is 9.10 Å². The van der Waals surface area contributed by atoms with Crippen molar-refractivity contribution in [1.82, 2.24) is 0 Å². The molecule has 0 fully saturated rings. The van der Waals surface area contributed by atoms with E-state index in [-0.39, 0.29) is 23.0 Å². The summed E-state index contributed by atoms with van der Waals surface area (Å²) in [7, 11) is -4.07. The van der Waals surface area contributed by atoms with Crippen molar-refractivity contribution in [2.24, 2.45) is 5.92 Å². The highest BCUT2D eigenvalue weighted by Crippen LogP contribution is 2.45. The number of nitrogens with zero attached hydrogens (tertiary/aromatic N) is 1. The third kappa shape index (κ3) is 6.36. The van der Waals surface area contributed by atoms with Gasteiger partial charge in [-0.05, 0) is 53.4 Å². The largest absolute Gasteiger partial charge is 0.471 e. The van der Waals surface area contributed by atoms with Gasteiger partial charge in [-0.2, -0.15) is 26.3 Å². The molecule has 1 amide bonds. The van der Waals surface area contributed by atoms with Crippen molar-refractivity contribution in [3.63, 3.8) is 0 Å². The van der Waals surface area contributed by atoms with Gasteiger partial charge in [0.15, 0.2) is 0 Å². The maximum atomic E-state index is 14.2. The summed E-state index contributed by atoms with van der Waals surface area (Å²) in [6.45, 7) is 3.56. The van der Waals surface area contributed by atoms with Crippen LogP contribution < -0.4 is 9.62 Å². The van der Waals surface area contributed by atoms with Crippen LogP contribution in [0.25, 0.3) is 0 Å². The van der Waals surface area contributed by atoms with Gasteiger partial charge in [0.05, 0.1) is 10.6 Å². The van der Waals surface area contributed by atoms with E-state index >= 15 is 0 Å². The number of rotatable bonds is 8. The average molecular weight is 575 g/mol. The van der Waals surface area contributed by atoms with Crippen LogP contribution in [-0.2, 0) is 20.4 Å². The Morgan fingerprint density at radius 1 is 0.846 bits per heavy atom. The summed E-state index contributed by atoms with van der Waals surface area (Å²) in [5.74, 6) is -2.46. The van der Waals surface area contributed by atoms with Gasteiger partial charge >= 0.3 is 18.3 Å². The van der Waals surface area contributed by atoms with Crippen molar-refractivity contribution in [3.8, 4) is 0 Å². The van der Waals surface area contributed by atoms with E-state index in [0.29, 0.717) is 0 Å². The smallest absolute Gasteiger partial charge is 0.372 e. The maximum absolute atomic E-state index is 14.2. The third-order valence-electron chi connectivity index (χ3n) is 5.66. The first-order valence-corrected chi connectivity index (χ1v) is 12.9. The van der Waals surface area contributed by atoms with E-state index in [2.05, 4.69) is 0 Å². The SMILES string of the molecule is CC(C)CN(c1ccc(C(O)(c2ccc(NC(=O)C(F)(F)F)cc2)C(F)(F)F)cc1)S(=O)(=O)c1ccccc1. The Labute approximate surface area is 220 Å². The van der Waals surface area contributed by atoms with Crippen molar-refractivity contribution in [1.29, 1.82) is 0 Å². The molecule has 3 aromatic carbocycles. The average Bonchev–Trinajstić information content (AvgIpc) is 2.86. The summed E-state index contributed by atoms with van der Waals surface area (Å²) in [5.41, 5.74) is -5.36. The number of benzene rings is 3. The number of halogens is 6. The number of amides is 1. The third-order valence-corrected chi connectivity index (χ3v) is 7.47. The number of carbonyl (C=O) groups is 1. The van der Waals surface area contributed by atoms with Crippen LogP contribution in [0.3, 0.4) is 0 Å². The normalized spacial score (nSPS) is 14.1. The zero-order valence-electron chi connectivity index (χ0n) is 20.6. The van der Waals surface area contributed by atoms with Crippen molar-refractivity contribution in [3.05, 3.63) is 90.0 Å². The predicted molar refractivity (Wildman–Crippen MR) is 132 cm³/mol. The minimum Gasteiger partial charge on any atom is -0.372 e. The van der Waals surface area contributed by atoms with Gasteiger partial charge in [-0.1, -0.05) is 56.3 Å². The minimum atomic E-state index is -5.28. The number of carbonyl (C=O) groups excluding carboxylic acids is 1. The molecular weight excluding hydrogens is 550 g/mol. The number of sulfonamides is 1. The summed E-state index contributed by atoms with van der Waals surface area (Å²) in [4.78, 5) is 11.1. The summed E-state index contributed by atoms with van der Waals surface area (Å²) in [6.07, 6.45) is -10.5. The lowest BCUT2D eigenvalue weighted by atomic mass is 9.85. The van der Waals surface area contributed by atoms with Gasteiger partial charge in [0.2, 0.25) is 5.60 Å². The summed E-state index contributed by atoms with van der Waals surface area (Å²) in [5, 5.41) is 12.4. The molecular formula is C26H24F6N2O4S. The van der Waals surface area contributed by atoms with E-state index in [9.17, 15) is 44.7 Å². The second kappa shape index (κ2) is 10.9. The topological polar surface area (TPSA) is 86.7 Å². The highest BCUT2D eigenvalue weighted by Gasteiger charge is 2.56. The zero-order valence-corrected chi connectivity index (χ0v) is 21.4. The minimum absolute atomic E-state index is 0.0146. The summed E-state index contributed by atoms with van der Waals surface area (Å²) >= 11 is 0. The first-order chi connectivity index (χ1) is 18.0. The van der Waals surface area contributed by atoms with E-state index in [0.717, 1.165) is 52.8 Å². The lowest BCUT2D eigenvalue weighted by Gasteiger charge is -2.32. The van der Waals surface area contributed by atoms with E-state index in [1.54, 1.807) is 19.9 Å². The zero-order chi connectivity index (χ0) is 29.2. The number of anilines is 2. The summed E-state index contributed by atoms with van der Waals surface area (Å²) < 4.78 is 108. The number of aliphatic hydroxyl groups is 1. The Morgan fingerprint density at radius 2 is 1.33 bits per heavy atom. The highest BCUT2D eigenvalue weighted by molar-refractivity contribution is 7.92. The van der Waals surface area contributed by atoms with Crippen LogP contribution in [-0.4, -0.2) is 38.3 Å². The molecule has 2 N–H and O–H groups in total. The Kier molecular flexibility index (Phi) is 8.37. The molecule has 0 bridgehead atoms. The van der Waals surface area contributed by atoms with E-state index in [4.69, 9.17) is 0 Å². The van der Waals surface area contributed by atoms with Crippen LogP contribution in [0.5, 0.6) is 0 Å². The molecule has 0 saturated carbocycles. The fourth-order valence-corrected chi connectivity index (χ4v) is 5.40. The molecule has 39 heavy (non-hydrogen) atoms. The summed E-state index contributed by atoms with van der Waals surface area (Å²) in [6, 6.07) is 14.7. The van der Waals surface area contributed by atoms with Crippen molar-refractivity contribution >= 4 is 27.3 Å². The molecule has 0 aliphatic heterocycles. The number of hydrogen-bond donors (Lipinski definition) is 2. The highest BCUT2D eigenvalue weighted by atomic mass is 32.2. The Hall–Kier alpha value is -3.58. The molecule has 0 spiro atoms. The lowest BCUT2D eigenvalue weighted by Crippen LogP contribution is -2.43. The van der Waals surface area contributed by atoms with Gasteiger partial charge in [-0.15, -0.1) is 0 Å². The Morgan fingerprint density at radius 3 is 1.77 bits per heavy atom. The number of hydrogen-bond acceptors (Lipinski definition) is 4. The molecule has 0 aliphatic carbocycles. The molecule has 0 aromatic heterocycles. The second-order valence-corrected chi connectivity index (χ2v) is 10.9. The predicted octanol–water partition coefficient (Wildman–Crippen LogP) is 5.84.